The third-order valence-electron chi connectivity index (χ3n) is 2.25. The number of aryl methyl sites for hydroxylation is 1. The van der Waals surface area contributed by atoms with Gasteiger partial charge in [-0.05, 0) is 24.6 Å². The number of nitrogens with one attached hydrogen (secondary N) is 1. The van der Waals surface area contributed by atoms with Crippen molar-refractivity contribution in [3.05, 3.63) is 29.3 Å². The molecule has 18 heavy (non-hydrogen) atoms. The molecule has 1 rings (SSSR count). The molecule has 0 radical (unpaired) electrons. The van der Waals surface area contributed by atoms with Crippen molar-refractivity contribution in [3.63, 3.8) is 0 Å². The van der Waals surface area contributed by atoms with Crippen LogP contribution in [0.4, 0.5) is 0 Å². The third kappa shape index (κ3) is 3.05. The Balaban J connectivity index is 3.27. The Hall–Kier alpha value is -1.93. The molecule has 0 atom stereocenters. The van der Waals surface area contributed by atoms with Crippen molar-refractivity contribution >= 4 is 21.7 Å². The van der Waals surface area contributed by atoms with E-state index in [-0.39, 0.29) is 10.5 Å². The van der Waals surface area contributed by atoms with Gasteiger partial charge < -0.3 is 5.11 Å². The Morgan fingerprint density at radius 1 is 1.39 bits per heavy atom. The molecule has 0 aliphatic rings. The molecule has 0 aromatic heterocycles. The van der Waals surface area contributed by atoms with Gasteiger partial charge in [-0.1, -0.05) is 6.07 Å². The molecule has 98 valence electrons. The quantitative estimate of drug-likeness (QED) is 0.383. The molecule has 0 aliphatic heterocycles. The molecule has 0 fully saturated rings. The molecule has 0 aliphatic carbocycles. The molecule has 8 heteroatoms. The number of amides is 1. The summed E-state index contributed by atoms with van der Waals surface area (Å²) >= 11 is 0. The van der Waals surface area contributed by atoms with Crippen molar-refractivity contribution in [1.29, 1.82) is 0 Å². The predicted octanol–water partition coefficient (Wildman–Crippen LogP) is -0.543. The Kier molecular flexibility index (Phi) is 4.04. The second-order valence-electron chi connectivity index (χ2n) is 3.61. The van der Waals surface area contributed by atoms with E-state index in [4.69, 9.17) is 10.9 Å². The molecular weight excluding hydrogens is 260 g/mol. The largest absolute Gasteiger partial charge is 0.478 e. The van der Waals surface area contributed by atoms with Crippen molar-refractivity contribution in [2.75, 3.05) is 5.75 Å². The SMILES string of the molecule is Cc1ccc(C(=O)O)cc1S(=O)(=O)CC(=O)NN. The number of carbonyl (C=O) groups is 2. The minimum atomic E-state index is -3.91. The van der Waals surface area contributed by atoms with Crippen LogP contribution in [0.2, 0.25) is 0 Å². The molecule has 0 unspecified atom stereocenters. The highest BCUT2D eigenvalue weighted by Crippen LogP contribution is 2.18. The van der Waals surface area contributed by atoms with Crippen LogP contribution >= 0.6 is 0 Å². The maximum Gasteiger partial charge on any atom is 0.335 e. The fraction of sp³-hybridized carbons (Fsp3) is 0.200. The van der Waals surface area contributed by atoms with Crippen LogP contribution in [0.25, 0.3) is 0 Å². The van der Waals surface area contributed by atoms with E-state index in [9.17, 15) is 18.0 Å². The zero-order valence-corrected chi connectivity index (χ0v) is 10.3. The molecule has 1 aromatic rings. The molecule has 0 bridgehead atoms. The van der Waals surface area contributed by atoms with E-state index in [2.05, 4.69) is 0 Å². The molecule has 7 nitrogen and oxygen atoms in total. The van der Waals surface area contributed by atoms with E-state index < -0.39 is 27.5 Å². The number of benzene rings is 1. The van der Waals surface area contributed by atoms with Gasteiger partial charge in [-0.3, -0.25) is 10.2 Å². The zero-order valence-electron chi connectivity index (χ0n) is 9.50. The monoisotopic (exact) mass is 272 g/mol. The average molecular weight is 272 g/mol. The van der Waals surface area contributed by atoms with Crippen molar-refractivity contribution in [2.45, 2.75) is 11.8 Å². The molecule has 1 aromatic carbocycles. The summed E-state index contributed by atoms with van der Waals surface area (Å²) in [6, 6.07) is 3.69. The van der Waals surface area contributed by atoms with E-state index in [1.54, 1.807) is 5.43 Å². The lowest BCUT2D eigenvalue weighted by atomic mass is 10.1. The number of nitrogens with two attached hydrogens (primary N) is 1. The topological polar surface area (TPSA) is 127 Å². The molecule has 0 saturated carbocycles. The number of rotatable bonds is 4. The minimum Gasteiger partial charge on any atom is -0.478 e. The van der Waals surface area contributed by atoms with Crippen molar-refractivity contribution in [1.82, 2.24) is 5.43 Å². The molecule has 0 heterocycles. The number of hydrogen-bond donors (Lipinski definition) is 3. The number of sulfone groups is 1. The van der Waals surface area contributed by atoms with Gasteiger partial charge in [0.05, 0.1) is 10.5 Å². The summed E-state index contributed by atoms with van der Waals surface area (Å²) in [5.41, 5.74) is 1.92. The normalized spacial score (nSPS) is 11.0. The zero-order chi connectivity index (χ0) is 13.9. The lowest BCUT2D eigenvalue weighted by Crippen LogP contribution is -2.35. The first-order valence-electron chi connectivity index (χ1n) is 4.84. The Morgan fingerprint density at radius 3 is 2.50 bits per heavy atom. The van der Waals surface area contributed by atoms with E-state index in [0.29, 0.717) is 5.56 Å². The molecule has 4 N–H and O–H groups in total. The first kappa shape index (κ1) is 14.1. The summed E-state index contributed by atoms with van der Waals surface area (Å²) < 4.78 is 23.8. The smallest absolute Gasteiger partial charge is 0.335 e. The van der Waals surface area contributed by atoms with Crippen molar-refractivity contribution < 1.29 is 23.1 Å². The number of carboxylic acid groups (broad SMARTS) is 1. The number of hydrogen-bond acceptors (Lipinski definition) is 5. The number of carbonyl (C=O) groups excluding carboxylic acids is 1. The fourth-order valence-corrected chi connectivity index (χ4v) is 2.81. The molecule has 1 amide bonds. The molecule has 0 spiro atoms. The highest BCUT2D eigenvalue weighted by atomic mass is 32.2. The summed E-state index contributed by atoms with van der Waals surface area (Å²) in [5, 5.41) is 8.80. The summed E-state index contributed by atoms with van der Waals surface area (Å²) in [7, 11) is -3.91. The van der Waals surface area contributed by atoms with Gasteiger partial charge in [0.1, 0.15) is 5.75 Å². The van der Waals surface area contributed by atoms with E-state index >= 15 is 0 Å². The lowest BCUT2D eigenvalue weighted by molar-refractivity contribution is -0.118. The second kappa shape index (κ2) is 5.15. The lowest BCUT2D eigenvalue weighted by Gasteiger charge is -2.08. The highest BCUT2D eigenvalue weighted by molar-refractivity contribution is 7.92. The van der Waals surface area contributed by atoms with E-state index in [1.807, 2.05) is 0 Å². The number of aromatic carboxylic acids is 1. The fourth-order valence-electron chi connectivity index (χ4n) is 1.36. The van der Waals surface area contributed by atoms with Crippen LogP contribution in [0.3, 0.4) is 0 Å². The summed E-state index contributed by atoms with van der Waals surface area (Å²) in [6.45, 7) is 1.51. The maximum absolute atomic E-state index is 11.9. The van der Waals surface area contributed by atoms with Gasteiger partial charge in [-0.25, -0.2) is 19.1 Å². The first-order valence-corrected chi connectivity index (χ1v) is 6.49. The Labute approximate surface area is 103 Å². The first-order chi connectivity index (χ1) is 8.27. The average Bonchev–Trinajstić information content (AvgIpc) is 2.28. The van der Waals surface area contributed by atoms with E-state index in [0.717, 1.165) is 6.07 Å². The number of hydrazine groups is 1. The van der Waals surface area contributed by atoms with Gasteiger partial charge >= 0.3 is 5.97 Å². The second-order valence-corrected chi connectivity index (χ2v) is 5.57. The molecular formula is C10H12N2O5S. The Morgan fingerprint density at radius 2 is 2.00 bits per heavy atom. The van der Waals surface area contributed by atoms with Crippen LogP contribution in [0.15, 0.2) is 23.1 Å². The summed E-state index contributed by atoms with van der Waals surface area (Å²) in [6.07, 6.45) is 0. The van der Waals surface area contributed by atoms with Gasteiger partial charge in [0.15, 0.2) is 9.84 Å². The standard InChI is InChI=1S/C10H12N2O5S/c1-6-2-3-7(10(14)15)4-8(6)18(16,17)5-9(13)12-11/h2-4H,5,11H2,1H3,(H,12,13)(H,14,15). The number of carboxylic acids is 1. The summed E-state index contributed by atoms with van der Waals surface area (Å²) in [5.74, 6) is 1.88. The Bertz CT molecular complexity index is 594. The van der Waals surface area contributed by atoms with Gasteiger partial charge in [0.2, 0.25) is 5.91 Å². The van der Waals surface area contributed by atoms with Crippen molar-refractivity contribution in [2.24, 2.45) is 5.84 Å². The van der Waals surface area contributed by atoms with Crippen molar-refractivity contribution in [3.8, 4) is 0 Å². The minimum absolute atomic E-state index is 0.160. The van der Waals surface area contributed by atoms with Crippen LogP contribution in [-0.4, -0.2) is 31.2 Å². The van der Waals surface area contributed by atoms with Crippen LogP contribution in [0, 0.1) is 6.92 Å². The maximum atomic E-state index is 11.9. The summed E-state index contributed by atoms with van der Waals surface area (Å²) in [4.78, 5) is 21.6. The highest BCUT2D eigenvalue weighted by Gasteiger charge is 2.22. The van der Waals surface area contributed by atoms with Gasteiger partial charge in [-0.15, -0.1) is 0 Å². The van der Waals surface area contributed by atoms with Gasteiger partial charge in [0, 0.05) is 0 Å². The van der Waals surface area contributed by atoms with Gasteiger partial charge in [-0.2, -0.15) is 0 Å². The van der Waals surface area contributed by atoms with E-state index in [1.165, 1.54) is 19.1 Å². The molecule has 0 saturated heterocycles. The van der Waals surface area contributed by atoms with Crippen LogP contribution in [-0.2, 0) is 14.6 Å². The predicted molar refractivity (Wildman–Crippen MR) is 62.5 cm³/mol. The van der Waals surface area contributed by atoms with Gasteiger partial charge in [0.25, 0.3) is 0 Å². The van der Waals surface area contributed by atoms with Crippen LogP contribution in [0.5, 0.6) is 0 Å². The third-order valence-corrected chi connectivity index (χ3v) is 4.00. The van der Waals surface area contributed by atoms with Crippen LogP contribution < -0.4 is 11.3 Å². The van der Waals surface area contributed by atoms with Crippen LogP contribution in [0.1, 0.15) is 15.9 Å².